The molecule has 0 saturated carbocycles. The van der Waals surface area contributed by atoms with E-state index in [9.17, 15) is 4.79 Å². The summed E-state index contributed by atoms with van der Waals surface area (Å²) >= 11 is 8.01. The first-order chi connectivity index (χ1) is 4.61. The molecule has 0 aliphatic rings. The van der Waals surface area contributed by atoms with Crippen LogP contribution in [0.1, 0.15) is 16.6 Å². The van der Waals surface area contributed by atoms with Gasteiger partial charge in [-0.3, -0.25) is 4.79 Å². The summed E-state index contributed by atoms with van der Waals surface area (Å²) in [5.74, 6) is 0.0996. The highest BCUT2D eigenvalue weighted by molar-refractivity contribution is 9.11. The summed E-state index contributed by atoms with van der Waals surface area (Å²) in [4.78, 5) is 11.6. The summed E-state index contributed by atoms with van der Waals surface area (Å²) in [6.07, 6.45) is 0. The van der Waals surface area contributed by atoms with Crippen LogP contribution in [-0.2, 0) is 0 Å². The molecule has 0 amide bonds. The summed E-state index contributed by atoms with van der Waals surface area (Å²) < 4.78 is 1.85. The lowest BCUT2D eigenvalue weighted by Gasteiger charge is -1.85. The van der Waals surface area contributed by atoms with Crippen molar-refractivity contribution in [3.05, 3.63) is 19.2 Å². The van der Waals surface area contributed by atoms with E-state index in [2.05, 4.69) is 31.9 Å². The number of carbonyl (C=O) groups is 1. The van der Waals surface area contributed by atoms with Crippen LogP contribution in [0.25, 0.3) is 0 Å². The molecule has 0 aliphatic carbocycles. The Morgan fingerprint density at radius 1 is 1.60 bits per heavy atom. The van der Waals surface area contributed by atoms with Gasteiger partial charge in [-0.05, 0) is 44.8 Å². The SMILES string of the molecule is CC(=O)c1sc(Br)cc1Br. The van der Waals surface area contributed by atoms with E-state index in [1.54, 1.807) is 6.92 Å². The quantitative estimate of drug-likeness (QED) is 0.721. The van der Waals surface area contributed by atoms with Crippen LogP contribution in [-0.4, -0.2) is 5.78 Å². The predicted molar refractivity (Wildman–Crippen MR) is 49.7 cm³/mol. The number of rotatable bonds is 1. The summed E-state index contributed by atoms with van der Waals surface area (Å²) in [5.41, 5.74) is 0. The van der Waals surface area contributed by atoms with E-state index in [1.807, 2.05) is 6.07 Å². The fourth-order valence-corrected chi connectivity index (χ4v) is 3.18. The second-order valence-electron chi connectivity index (χ2n) is 1.78. The topological polar surface area (TPSA) is 17.1 Å². The lowest BCUT2D eigenvalue weighted by molar-refractivity contribution is 0.102. The van der Waals surface area contributed by atoms with Gasteiger partial charge in [0.15, 0.2) is 5.78 Å². The molecule has 0 fully saturated rings. The van der Waals surface area contributed by atoms with Crippen molar-refractivity contribution < 1.29 is 4.79 Å². The zero-order valence-electron chi connectivity index (χ0n) is 5.15. The van der Waals surface area contributed by atoms with E-state index in [0.717, 1.165) is 13.1 Å². The number of hydrogen-bond acceptors (Lipinski definition) is 2. The molecule has 0 atom stereocenters. The Morgan fingerprint density at radius 3 is 2.40 bits per heavy atom. The fraction of sp³-hybridized carbons (Fsp3) is 0.167. The maximum atomic E-state index is 10.8. The van der Waals surface area contributed by atoms with Gasteiger partial charge in [-0.15, -0.1) is 11.3 Å². The van der Waals surface area contributed by atoms with E-state index < -0.39 is 0 Å². The highest BCUT2D eigenvalue weighted by Crippen LogP contribution is 2.31. The van der Waals surface area contributed by atoms with Gasteiger partial charge in [-0.25, -0.2) is 0 Å². The molecule has 1 rings (SSSR count). The lowest BCUT2D eigenvalue weighted by Crippen LogP contribution is -1.85. The molecule has 0 saturated heterocycles. The van der Waals surface area contributed by atoms with Gasteiger partial charge in [0.25, 0.3) is 0 Å². The molecule has 1 nitrogen and oxygen atoms in total. The maximum absolute atomic E-state index is 10.8. The average Bonchev–Trinajstić information content (AvgIpc) is 2.10. The van der Waals surface area contributed by atoms with Crippen LogP contribution < -0.4 is 0 Å². The molecule has 0 unspecified atom stereocenters. The summed E-state index contributed by atoms with van der Waals surface area (Å²) in [5, 5.41) is 0. The Balaban J connectivity index is 3.15. The van der Waals surface area contributed by atoms with Crippen molar-refractivity contribution in [3.8, 4) is 0 Å². The van der Waals surface area contributed by atoms with Gasteiger partial charge < -0.3 is 0 Å². The minimum atomic E-state index is 0.0996. The zero-order valence-corrected chi connectivity index (χ0v) is 9.14. The van der Waals surface area contributed by atoms with Crippen molar-refractivity contribution in [1.82, 2.24) is 0 Å². The second kappa shape index (κ2) is 3.15. The number of Topliss-reactive ketones (excluding diaryl/α,β-unsaturated/α-hetero) is 1. The molecule has 0 N–H and O–H groups in total. The second-order valence-corrected chi connectivity index (χ2v) is 5.07. The van der Waals surface area contributed by atoms with Crippen LogP contribution in [0.2, 0.25) is 0 Å². The van der Waals surface area contributed by atoms with Crippen molar-refractivity contribution in [2.45, 2.75) is 6.92 Å². The Hall–Kier alpha value is 0.330. The number of halogens is 2. The van der Waals surface area contributed by atoms with Crippen molar-refractivity contribution in [1.29, 1.82) is 0 Å². The highest BCUT2D eigenvalue weighted by Gasteiger charge is 2.08. The number of thiophene rings is 1. The zero-order chi connectivity index (χ0) is 7.72. The van der Waals surface area contributed by atoms with Crippen LogP contribution >= 0.6 is 43.2 Å². The molecular formula is C6H4Br2OS. The largest absolute Gasteiger partial charge is 0.294 e. The minimum absolute atomic E-state index is 0.0996. The predicted octanol–water partition coefficient (Wildman–Crippen LogP) is 3.48. The maximum Gasteiger partial charge on any atom is 0.170 e. The number of ketones is 1. The Bertz CT molecular complexity index is 267. The minimum Gasteiger partial charge on any atom is -0.294 e. The van der Waals surface area contributed by atoms with Crippen molar-refractivity contribution in [2.24, 2.45) is 0 Å². The van der Waals surface area contributed by atoms with Crippen molar-refractivity contribution >= 4 is 49.0 Å². The fourth-order valence-electron chi connectivity index (χ4n) is 0.581. The molecule has 0 radical (unpaired) electrons. The van der Waals surface area contributed by atoms with E-state index in [0.29, 0.717) is 0 Å². The molecule has 0 aliphatic heterocycles. The Kier molecular flexibility index (Phi) is 2.66. The third-order valence-corrected chi connectivity index (χ3v) is 3.60. The standard InChI is InChI=1S/C6H4Br2OS/c1-3(9)6-4(7)2-5(8)10-6/h2H,1H3. The first-order valence-electron chi connectivity index (χ1n) is 2.57. The first-order valence-corrected chi connectivity index (χ1v) is 4.97. The molecule has 1 aromatic rings. The lowest BCUT2D eigenvalue weighted by atomic mass is 10.4. The van der Waals surface area contributed by atoms with Crippen LogP contribution in [0.5, 0.6) is 0 Å². The van der Waals surface area contributed by atoms with Crippen LogP contribution in [0.15, 0.2) is 14.3 Å². The van der Waals surface area contributed by atoms with Gasteiger partial charge in [0.1, 0.15) is 0 Å². The molecule has 54 valence electrons. The summed E-state index contributed by atoms with van der Waals surface area (Å²) in [6, 6.07) is 1.88. The number of carbonyl (C=O) groups excluding carboxylic acids is 1. The van der Waals surface area contributed by atoms with Gasteiger partial charge in [0.2, 0.25) is 0 Å². The molecule has 4 heteroatoms. The van der Waals surface area contributed by atoms with E-state index in [4.69, 9.17) is 0 Å². The van der Waals surface area contributed by atoms with Crippen LogP contribution in [0, 0.1) is 0 Å². The van der Waals surface area contributed by atoms with Gasteiger partial charge in [0, 0.05) is 4.47 Å². The Labute approximate surface area is 79.7 Å². The van der Waals surface area contributed by atoms with E-state index in [1.165, 1.54) is 11.3 Å². The van der Waals surface area contributed by atoms with Crippen molar-refractivity contribution in [2.75, 3.05) is 0 Å². The molecular weight excluding hydrogens is 280 g/mol. The average molecular weight is 284 g/mol. The molecule has 0 spiro atoms. The van der Waals surface area contributed by atoms with Gasteiger partial charge in [-0.1, -0.05) is 0 Å². The Morgan fingerprint density at radius 2 is 2.20 bits per heavy atom. The van der Waals surface area contributed by atoms with E-state index in [-0.39, 0.29) is 5.78 Å². The molecule has 1 heterocycles. The molecule has 10 heavy (non-hydrogen) atoms. The monoisotopic (exact) mass is 282 g/mol. The van der Waals surface area contributed by atoms with Crippen molar-refractivity contribution in [3.63, 3.8) is 0 Å². The van der Waals surface area contributed by atoms with Crippen LogP contribution in [0.4, 0.5) is 0 Å². The third kappa shape index (κ3) is 1.68. The van der Waals surface area contributed by atoms with Gasteiger partial charge in [-0.2, -0.15) is 0 Å². The normalized spacial score (nSPS) is 9.90. The van der Waals surface area contributed by atoms with E-state index >= 15 is 0 Å². The summed E-state index contributed by atoms with van der Waals surface area (Å²) in [7, 11) is 0. The van der Waals surface area contributed by atoms with Crippen LogP contribution in [0.3, 0.4) is 0 Å². The van der Waals surface area contributed by atoms with Gasteiger partial charge >= 0.3 is 0 Å². The molecule has 0 bridgehead atoms. The smallest absolute Gasteiger partial charge is 0.170 e. The molecule has 1 aromatic heterocycles. The third-order valence-electron chi connectivity index (χ3n) is 0.976. The number of hydrogen-bond donors (Lipinski definition) is 0. The summed E-state index contributed by atoms with van der Waals surface area (Å²) in [6.45, 7) is 1.56. The first kappa shape index (κ1) is 8.43. The molecule has 0 aromatic carbocycles. The van der Waals surface area contributed by atoms with Gasteiger partial charge in [0.05, 0.1) is 8.66 Å². The highest BCUT2D eigenvalue weighted by atomic mass is 79.9.